The number of piperidine rings is 1. The molecule has 0 N–H and O–H groups in total. The SMILES string of the molecule is Cc1c(-c2ccccc2)c(CN2CCCCC2)n2ccccc12. The normalized spacial score (nSPS) is 16.0. The molecule has 0 amide bonds. The van der Waals surface area contributed by atoms with Crippen LogP contribution in [0.4, 0.5) is 0 Å². The predicted octanol–water partition coefficient (Wildman–Crippen LogP) is 4.90. The number of hydrogen-bond acceptors (Lipinski definition) is 1. The second kappa shape index (κ2) is 6.21. The molecular weight excluding hydrogens is 280 g/mol. The summed E-state index contributed by atoms with van der Waals surface area (Å²) >= 11 is 0. The fourth-order valence-electron chi connectivity index (χ4n) is 3.92. The number of hydrogen-bond donors (Lipinski definition) is 0. The van der Waals surface area contributed by atoms with Crippen LogP contribution in [-0.2, 0) is 6.54 Å². The van der Waals surface area contributed by atoms with Gasteiger partial charge in [0.05, 0.1) is 0 Å². The van der Waals surface area contributed by atoms with Gasteiger partial charge in [-0.15, -0.1) is 0 Å². The minimum Gasteiger partial charge on any atom is -0.319 e. The number of pyridine rings is 1. The Labute approximate surface area is 138 Å². The molecule has 0 aliphatic carbocycles. The highest BCUT2D eigenvalue weighted by molar-refractivity contribution is 5.79. The average Bonchev–Trinajstić information content (AvgIpc) is 2.89. The van der Waals surface area contributed by atoms with Gasteiger partial charge in [-0.1, -0.05) is 42.8 Å². The molecule has 118 valence electrons. The quantitative estimate of drug-likeness (QED) is 0.668. The Hall–Kier alpha value is -2.06. The zero-order valence-electron chi connectivity index (χ0n) is 13.8. The first kappa shape index (κ1) is 14.5. The molecule has 1 saturated heterocycles. The molecule has 2 aromatic heterocycles. The first-order chi connectivity index (χ1) is 11.3. The van der Waals surface area contributed by atoms with Crippen molar-refractivity contribution in [3.8, 4) is 11.1 Å². The zero-order chi connectivity index (χ0) is 15.6. The van der Waals surface area contributed by atoms with Crippen LogP contribution in [0.3, 0.4) is 0 Å². The Kier molecular flexibility index (Phi) is 3.92. The fraction of sp³-hybridized carbons (Fsp3) is 0.333. The third-order valence-electron chi connectivity index (χ3n) is 5.08. The van der Waals surface area contributed by atoms with Crippen LogP contribution in [0, 0.1) is 6.92 Å². The van der Waals surface area contributed by atoms with E-state index in [0.29, 0.717) is 0 Å². The molecule has 4 rings (SSSR count). The van der Waals surface area contributed by atoms with E-state index in [1.54, 1.807) is 0 Å². The van der Waals surface area contributed by atoms with Crippen molar-refractivity contribution in [2.75, 3.05) is 13.1 Å². The Morgan fingerprint density at radius 3 is 2.39 bits per heavy atom. The first-order valence-electron chi connectivity index (χ1n) is 8.71. The molecule has 0 atom stereocenters. The Morgan fingerprint density at radius 1 is 0.870 bits per heavy atom. The number of likely N-dealkylation sites (tertiary alicyclic amines) is 1. The van der Waals surface area contributed by atoms with Crippen molar-refractivity contribution in [2.24, 2.45) is 0 Å². The van der Waals surface area contributed by atoms with Gasteiger partial charge in [-0.05, 0) is 56.1 Å². The van der Waals surface area contributed by atoms with Gasteiger partial charge >= 0.3 is 0 Å². The maximum absolute atomic E-state index is 2.62. The summed E-state index contributed by atoms with van der Waals surface area (Å²) < 4.78 is 2.40. The summed E-state index contributed by atoms with van der Waals surface area (Å²) in [6.07, 6.45) is 6.27. The predicted molar refractivity (Wildman–Crippen MR) is 96.7 cm³/mol. The van der Waals surface area contributed by atoms with Crippen LogP contribution < -0.4 is 0 Å². The molecule has 3 aromatic rings. The van der Waals surface area contributed by atoms with E-state index in [-0.39, 0.29) is 0 Å². The van der Waals surface area contributed by atoms with Crippen LogP contribution in [-0.4, -0.2) is 22.4 Å². The van der Waals surface area contributed by atoms with E-state index < -0.39 is 0 Å². The van der Waals surface area contributed by atoms with Crippen LogP contribution >= 0.6 is 0 Å². The van der Waals surface area contributed by atoms with E-state index in [9.17, 15) is 0 Å². The van der Waals surface area contributed by atoms with Crippen LogP contribution in [0.15, 0.2) is 54.7 Å². The van der Waals surface area contributed by atoms with Gasteiger partial charge in [-0.2, -0.15) is 0 Å². The van der Waals surface area contributed by atoms with Crippen molar-refractivity contribution >= 4 is 5.52 Å². The highest BCUT2D eigenvalue weighted by Crippen LogP contribution is 2.33. The first-order valence-corrected chi connectivity index (χ1v) is 8.71. The van der Waals surface area contributed by atoms with Crippen LogP contribution in [0.1, 0.15) is 30.5 Å². The Balaban J connectivity index is 1.86. The van der Waals surface area contributed by atoms with E-state index in [1.807, 2.05) is 0 Å². The number of aromatic nitrogens is 1. The molecule has 3 heterocycles. The molecule has 1 aromatic carbocycles. The van der Waals surface area contributed by atoms with Gasteiger partial charge in [-0.3, -0.25) is 4.90 Å². The Bertz CT molecular complexity index is 795. The van der Waals surface area contributed by atoms with Crippen molar-refractivity contribution in [1.82, 2.24) is 9.30 Å². The molecular formula is C21H24N2. The maximum Gasteiger partial charge on any atom is 0.0489 e. The lowest BCUT2D eigenvalue weighted by molar-refractivity contribution is 0.218. The largest absolute Gasteiger partial charge is 0.319 e. The molecule has 1 fully saturated rings. The number of fused-ring (bicyclic) bond motifs is 1. The minimum atomic E-state index is 1.04. The summed E-state index contributed by atoms with van der Waals surface area (Å²) in [5.74, 6) is 0. The average molecular weight is 304 g/mol. The molecule has 0 radical (unpaired) electrons. The van der Waals surface area contributed by atoms with Crippen LogP contribution in [0.25, 0.3) is 16.6 Å². The van der Waals surface area contributed by atoms with Gasteiger partial charge in [-0.25, -0.2) is 0 Å². The molecule has 0 saturated carbocycles. The van der Waals surface area contributed by atoms with Gasteiger partial charge in [0, 0.05) is 29.5 Å². The van der Waals surface area contributed by atoms with Crippen molar-refractivity contribution < 1.29 is 0 Å². The van der Waals surface area contributed by atoms with E-state index in [1.165, 1.54) is 60.3 Å². The van der Waals surface area contributed by atoms with E-state index in [0.717, 1.165) is 6.54 Å². The van der Waals surface area contributed by atoms with Crippen LogP contribution in [0.2, 0.25) is 0 Å². The number of benzene rings is 1. The van der Waals surface area contributed by atoms with Crippen molar-refractivity contribution in [3.63, 3.8) is 0 Å². The van der Waals surface area contributed by atoms with Gasteiger partial charge < -0.3 is 4.40 Å². The third kappa shape index (κ3) is 2.68. The van der Waals surface area contributed by atoms with Gasteiger partial charge in [0.1, 0.15) is 0 Å². The lowest BCUT2D eigenvalue weighted by atomic mass is 10.0. The molecule has 0 bridgehead atoms. The topological polar surface area (TPSA) is 7.65 Å². The molecule has 23 heavy (non-hydrogen) atoms. The summed E-state index contributed by atoms with van der Waals surface area (Å²) in [5.41, 5.74) is 6.91. The maximum atomic E-state index is 2.62. The molecule has 0 unspecified atom stereocenters. The lowest BCUT2D eigenvalue weighted by Gasteiger charge is -2.27. The van der Waals surface area contributed by atoms with E-state index in [2.05, 4.69) is 71.0 Å². The van der Waals surface area contributed by atoms with Gasteiger partial charge in [0.15, 0.2) is 0 Å². The second-order valence-electron chi connectivity index (χ2n) is 6.61. The van der Waals surface area contributed by atoms with Gasteiger partial charge in [0.2, 0.25) is 0 Å². The molecule has 1 aliphatic heterocycles. The molecule has 1 aliphatic rings. The zero-order valence-corrected chi connectivity index (χ0v) is 13.8. The highest BCUT2D eigenvalue weighted by atomic mass is 15.1. The van der Waals surface area contributed by atoms with E-state index >= 15 is 0 Å². The Morgan fingerprint density at radius 2 is 1.61 bits per heavy atom. The summed E-state index contributed by atoms with van der Waals surface area (Å²) in [4.78, 5) is 2.62. The summed E-state index contributed by atoms with van der Waals surface area (Å²) in [6.45, 7) is 5.77. The minimum absolute atomic E-state index is 1.04. The van der Waals surface area contributed by atoms with Crippen molar-refractivity contribution in [2.45, 2.75) is 32.7 Å². The summed E-state index contributed by atoms with van der Waals surface area (Å²) in [5, 5.41) is 0. The smallest absolute Gasteiger partial charge is 0.0489 e. The van der Waals surface area contributed by atoms with Crippen LogP contribution in [0.5, 0.6) is 0 Å². The van der Waals surface area contributed by atoms with E-state index in [4.69, 9.17) is 0 Å². The summed E-state index contributed by atoms with van der Waals surface area (Å²) in [7, 11) is 0. The lowest BCUT2D eigenvalue weighted by Crippen LogP contribution is -2.29. The van der Waals surface area contributed by atoms with Crippen molar-refractivity contribution in [3.05, 3.63) is 66.0 Å². The third-order valence-corrected chi connectivity index (χ3v) is 5.08. The monoisotopic (exact) mass is 304 g/mol. The second-order valence-corrected chi connectivity index (χ2v) is 6.61. The number of aryl methyl sites for hydroxylation is 1. The van der Waals surface area contributed by atoms with Gasteiger partial charge in [0.25, 0.3) is 0 Å². The summed E-state index contributed by atoms with van der Waals surface area (Å²) in [6, 6.07) is 17.4. The fourth-order valence-corrected chi connectivity index (χ4v) is 3.92. The number of rotatable bonds is 3. The molecule has 2 nitrogen and oxygen atoms in total. The number of nitrogens with zero attached hydrogens (tertiary/aromatic N) is 2. The van der Waals surface area contributed by atoms with Crippen molar-refractivity contribution in [1.29, 1.82) is 0 Å². The highest BCUT2D eigenvalue weighted by Gasteiger charge is 2.19. The standard InChI is InChI=1S/C21H24N2/c1-17-19-12-6-9-15-23(19)20(16-22-13-7-3-8-14-22)21(17)18-10-4-2-5-11-18/h2,4-6,9-12,15H,3,7-8,13-14,16H2,1H3. The molecule has 0 spiro atoms. The molecule has 2 heteroatoms.